The quantitative estimate of drug-likeness (QED) is 0.571. The number of nitrogens with zero attached hydrogens (tertiary/aromatic N) is 5. The van der Waals surface area contributed by atoms with Crippen molar-refractivity contribution in [3.63, 3.8) is 0 Å². The minimum atomic E-state index is -1.10. The average molecular weight is 489 g/mol. The molecule has 3 heterocycles. The van der Waals surface area contributed by atoms with Gasteiger partial charge < -0.3 is 14.8 Å². The van der Waals surface area contributed by atoms with Crippen LogP contribution in [0.15, 0.2) is 29.0 Å². The Hall–Kier alpha value is -3.74. The Morgan fingerprint density at radius 3 is 2.74 bits per heavy atom. The zero-order valence-electron chi connectivity index (χ0n) is 19.5. The highest BCUT2D eigenvalue weighted by Crippen LogP contribution is 2.35. The summed E-state index contributed by atoms with van der Waals surface area (Å²) >= 11 is 0. The minimum absolute atomic E-state index is 0.0503. The standard InChI is InChI=1S/C22H25F2N7O4/c1-10-5-13(27-21(32)15-7-16(15)34-4)9-25-17(10)18-20(31(3)30-29-18)28-22(33)35-11(2)14-6-12(23)8-26-19(14)24/h5-6,8-11,15-17H,7H2,1-4H3,(H,27,32)(H,28,33)/t10?,11-,15-,16-,17?/m1/s1. The molecule has 2 amide bonds. The number of amides is 2. The number of hydrogen-bond donors (Lipinski definition) is 2. The van der Waals surface area contributed by atoms with Crippen LogP contribution in [0.2, 0.25) is 0 Å². The lowest BCUT2D eigenvalue weighted by atomic mass is 9.96. The summed E-state index contributed by atoms with van der Waals surface area (Å²) in [6.45, 7) is 3.28. The van der Waals surface area contributed by atoms with E-state index in [2.05, 4.69) is 30.9 Å². The highest BCUT2D eigenvalue weighted by molar-refractivity contribution is 5.91. The third kappa shape index (κ3) is 5.34. The van der Waals surface area contributed by atoms with Crippen LogP contribution in [-0.2, 0) is 21.3 Å². The zero-order chi connectivity index (χ0) is 25.3. The number of nitrogens with one attached hydrogen (secondary N) is 2. The van der Waals surface area contributed by atoms with Gasteiger partial charge in [-0.2, -0.15) is 4.39 Å². The number of carbonyl (C=O) groups is 2. The van der Waals surface area contributed by atoms with E-state index >= 15 is 0 Å². The summed E-state index contributed by atoms with van der Waals surface area (Å²) in [5.74, 6) is -1.93. The zero-order valence-corrected chi connectivity index (χ0v) is 19.5. The predicted molar refractivity (Wildman–Crippen MR) is 119 cm³/mol. The van der Waals surface area contributed by atoms with E-state index in [-0.39, 0.29) is 35.2 Å². The van der Waals surface area contributed by atoms with Crippen LogP contribution in [0.5, 0.6) is 0 Å². The van der Waals surface area contributed by atoms with Gasteiger partial charge in [0.2, 0.25) is 11.9 Å². The van der Waals surface area contributed by atoms with Crippen molar-refractivity contribution in [1.29, 1.82) is 0 Å². The molecule has 2 unspecified atom stereocenters. The first-order valence-corrected chi connectivity index (χ1v) is 10.9. The molecule has 2 aliphatic rings. The number of anilines is 1. The van der Waals surface area contributed by atoms with Crippen molar-refractivity contribution in [3.05, 3.63) is 47.1 Å². The van der Waals surface area contributed by atoms with Gasteiger partial charge in [0.15, 0.2) is 5.82 Å². The number of carbonyl (C=O) groups excluding carboxylic acids is 2. The van der Waals surface area contributed by atoms with Crippen LogP contribution in [0.3, 0.4) is 0 Å². The third-order valence-corrected chi connectivity index (χ3v) is 5.86. The maximum atomic E-state index is 13.9. The predicted octanol–water partition coefficient (Wildman–Crippen LogP) is 2.59. The number of ether oxygens (including phenoxy) is 2. The molecule has 5 atom stereocenters. The fourth-order valence-electron chi connectivity index (χ4n) is 3.84. The minimum Gasteiger partial charge on any atom is -0.441 e. The number of halogens is 2. The molecule has 2 aromatic rings. The van der Waals surface area contributed by atoms with Crippen molar-refractivity contribution in [3.8, 4) is 0 Å². The van der Waals surface area contributed by atoms with Crippen LogP contribution in [0.25, 0.3) is 0 Å². The molecule has 1 aliphatic carbocycles. The van der Waals surface area contributed by atoms with Crippen molar-refractivity contribution in [2.75, 3.05) is 12.4 Å². The Bertz CT molecular complexity index is 1200. The highest BCUT2D eigenvalue weighted by atomic mass is 19.1. The second-order valence-corrected chi connectivity index (χ2v) is 8.46. The van der Waals surface area contributed by atoms with E-state index in [1.807, 2.05) is 13.0 Å². The maximum Gasteiger partial charge on any atom is 0.413 e. The summed E-state index contributed by atoms with van der Waals surface area (Å²) in [6, 6.07) is 0.423. The number of methoxy groups -OCH3 is 1. The molecule has 0 bridgehead atoms. The summed E-state index contributed by atoms with van der Waals surface area (Å²) < 4.78 is 39.0. The number of aliphatic imine (C=N–C) groups is 1. The molecule has 0 spiro atoms. The fraction of sp³-hybridized carbons (Fsp3) is 0.455. The average Bonchev–Trinajstić information content (AvgIpc) is 3.53. The second-order valence-electron chi connectivity index (χ2n) is 8.46. The molecular formula is C22H25F2N7O4. The van der Waals surface area contributed by atoms with Gasteiger partial charge in [-0.1, -0.05) is 18.2 Å². The molecule has 4 rings (SSSR count). The van der Waals surface area contributed by atoms with Crippen LogP contribution < -0.4 is 10.6 Å². The summed E-state index contributed by atoms with van der Waals surface area (Å²) in [6.07, 6.45) is 2.73. The second kappa shape index (κ2) is 9.86. The lowest BCUT2D eigenvalue weighted by molar-refractivity contribution is -0.122. The lowest BCUT2D eigenvalue weighted by Gasteiger charge is -2.22. The van der Waals surface area contributed by atoms with Crippen LogP contribution >= 0.6 is 0 Å². The molecule has 0 saturated heterocycles. The van der Waals surface area contributed by atoms with Gasteiger partial charge in [0, 0.05) is 26.3 Å². The number of allylic oxidation sites excluding steroid dienone is 1. The Morgan fingerprint density at radius 1 is 1.29 bits per heavy atom. The van der Waals surface area contributed by atoms with Gasteiger partial charge in [0.05, 0.1) is 29.5 Å². The Morgan fingerprint density at radius 2 is 2.06 bits per heavy atom. The summed E-state index contributed by atoms with van der Waals surface area (Å²) in [7, 11) is 3.15. The number of hydrogen-bond acceptors (Lipinski definition) is 8. The van der Waals surface area contributed by atoms with Gasteiger partial charge in [-0.25, -0.2) is 18.9 Å². The monoisotopic (exact) mass is 489 g/mol. The molecule has 2 N–H and O–H groups in total. The normalized spacial score (nSPS) is 23.9. The first-order chi connectivity index (χ1) is 16.7. The van der Waals surface area contributed by atoms with Gasteiger partial charge in [-0.3, -0.25) is 15.1 Å². The summed E-state index contributed by atoms with van der Waals surface area (Å²) in [4.78, 5) is 32.6. The van der Waals surface area contributed by atoms with E-state index in [4.69, 9.17) is 9.47 Å². The fourth-order valence-corrected chi connectivity index (χ4v) is 3.84. The molecule has 186 valence electrons. The lowest BCUT2D eigenvalue weighted by Crippen LogP contribution is -2.29. The summed E-state index contributed by atoms with van der Waals surface area (Å²) in [5, 5.41) is 13.5. The van der Waals surface area contributed by atoms with Crippen LogP contribution in [0.1, 0.15) is 43.7 Å². The number of dihydropyridines is 1. The molecular weight excluding hydrogens is 464 g/mol. The van der Waals surface area contributed by atoms with Gasteiger partial charge in [0.1, 0.15) is 23.7 Å². The number of pyridine rings is 1. The van der Waals surface area contributed by atoms with Crippen molar-refractivity contribution >= 4 is 24.0 Å². The molecule has 35 heavy (non-hydrogen) atoms. The number of aromatic nitrogens is 4. The molecule has 1 saturated carbocycles. The van der Waals surface area contributed by atoms with E-state index in [0.717, 1.165) is 12.3 Å². The van der Waals surface area contributed by atoms with Crippen LogP contribution in [0.4, 0.5) is 19.4 Å². The van der Waals surface area contributed by atoms with Crippen molar-refractivity contribution in [1.82, 2.24) is 25.3 Å². The van der Waals surface area contributed by atoms with E-state index in [1.165, 1.54) is 17.8 Å². The first-order valence-electron chi connectivity index (χ1n) is 10.9. The van der Waals surface area contributed by atoms with Gasteiger partial charge in [0.25, 0.3) is 0 Å². The van der Waals surface area contributed by atoms with E-state index in [1.54, 1.807) is 14.2 Å². The van der Waals surface area contributed by atoms with Crippen molar-refractivity contribution < 1.29 is 27.8 Å². The third-order valence-electron chi connectivity index (χ3n) is 5.86. The van der Waals surface area contributed by atoms with Gasteiger partial charge in [-0.05, 0) is 19.4 Å². The number of aryl methyl sites for hydroxylation is 1. The first kappa shape index (κ1) is 24.4. The summed E-state index contributed by atoms with van der Waals surface area (Å²) in [5.41, 5.74) is 0.748. The van der Waals surface area contributed by atoms with Crippen molar-refractivity contribution in [2.45, 2.75) is 38.5 Å². The van der Waals surface area contributed by atoms with E-state index < -0.39 is 30.0 Å². The van der Waals surface area contributed by atoms with Crippen LogP contribution in [-0.4, -0.2) is 51.4 Å². The molecule has 2 aromatic heterocycles. The number of rotatable bonds is 7. The topological polar surface area (TPSA) is 133 Å². The molecule has 11 nitrogen and oxygen atoms in total. The Balaban J connectivity index is 1.42. The maximum absolute atomic E-state index is 13.9. The smallest absolute Gasteiger partial charge is 0.413 e. The van der Waals surface area contributed by atoms with Gasteiger partial charge in [-0.15, -0.1) is 5.10 Å². The largest absolute Gasteiger partial charge is 0.441 e. The Kier molecular flexibility index (Phi) is 6.87. The highest BCUT2D eigenvalue weighted by Gasteiger charge is 2.43. The molecule has 13 heteroatoms. The molecule has 1 fully saturated rings. The van der Waals surface area contributed by atoms with Gasteiger partial charge >= 0.3 is 6.09 Å². The Labute approximate surface area is 199 Å². The van der Waals surface area contributed by atoms with E-state index in [0.29, 0.717) is 17.8 Å². The van der Waals surface area contributed by atoms with E-state index in [9.17, 15) is 18.4 Å². The van der Waals surface area contributed by atoms with Crippen LogP contribution in [0, 0.1) is 23.6 Å². The van der Waals surface area contributed by atoms with Crippen molar-refractivity contribution in [2.24, 2.45) is 23.9 Å². The molecule has 1 aliphatic heterocycles. The molecule has 0 aromatic carbocycles. The SMILES string of the molecule is CO[C@@H]1C[C@H]1C(=O)NC1=CC(C)C(c2nnn(C)c2NC(=O)O[C@H](C)c2cc(F)cnc2F)N=C1. The molecule has 0 radical (unpaired) electrons.